The van der Waals surface area contributed by atoms with E-state index in [1.165, 1.54) is 0 Å². The number of carbonyl (C=O) groups is 2. The summed E-state index contributed by atoms with van der Waals surface area (Å²) in [5, 5.41) is 33.9. The van der Waals surface area contributed by atoms with Crippen LogP contribution in [0.15, 0.2) is 47.6 Å². The predicted octanol–water partition coefficient (Wildman–Crippen LogP) is 3.84. The zero-order valence-electron chi connectivity index (χ0n) is 21.1. The molecule has 0 saturated heterocycles. The number of esters is 1. The van der Waals surface area contributed by atoms with Gasteiger partial charge in [0.15, 0.2) is 5.78 Å². The van der Waals surface area contributed by atoms with Gasteiger partial charge in [-0.1, -0.05) is 32.9 Å². The van der Waals surface area contributed by atoms with Crippen molar-refractivity contribution in [3.05, 3.63) is 58.7 Å². The standard InChI is InChI=1S/C28H31F3O6/c1-14-9-20-25(35,22(14)33)12-16(13-32)10-19-21-24(3,4)26(21,11-15(2)27(19,20)36)37-23(34)17-5-7-18(8-6-17)28(29,30)31/h5-10,15,19-21,32,35-36H,11-13H2,1-4H3/t15-,19+,20-,21-,25-,26+,27-/m1/s1. The Balaban J connectivity index is 1.53. The van der Waals surface area contributed by atoms with E-state index in [-0.39, 0.29) is 18.4 Å². The molecule has 0 unspecified atom stereocenters. The summed E-state index contributed by atoms with van der Waals surface area (Å²) in [4.78, 5) is 26.1. The Morgan fingerprint density at radius 1 is 1.14 bits per heavy atom. The molecule has 0 radical (unpaired) electrons. The summed E-state index contributed by atoms with van der Waals surface area (Å²) in [5.41, 5.74) is -5.20. The predicted molar refractivity (Wildman–Crippen MR) is 126 cm³/mol. The normalized spacial score (nSPS) is 40.0. The molecule has 6 nitrogen and oxygen atoms in total. The van der Waals surface area contributed by atoms with Gasteiger partial charge in [0.1, 0.15) is 11.2 Å². The number of aliphatic hydroxyl groups is 3. The summed E-state index contributed by atoms with van der Waals surface area (Å²) in [6, 6.07) is 3.84. The van der Waals surface area contributed by atoms with Crippen molar-refractivity contribution in [3.8, 4) is 0 Å². The molecule has 0 heterocycles. The molecule has 0 aromatic heterocycles. The second-order valence-corrected chi connectivity index (χ2v) is 11.8. The van der Waals surface area contributed by atoms with Crippen LogP contribution in [0.2, 0.25) is 0 Å². The number of fused-ring (bicyclic) bond motifs is 5. The van der Waals surface area contributed by atoms with Gasteiger partial charge in [-0.2, -0.15) is 13.2 Å². The number of hydrogen-bond donors (Lipinski definition) is 3. The van der Waals surface area contributed by atoms with Gasteiger partial charge in [-0.3, -0.25) is 4.79 Å². The minimum atomic E-state index is -4.53. The van der Waals surface area contributed by atoms with Crippen molar-refractivity contribution in [1.29, 1.82) is 0 Å². The molecule has 200 valence electrons. The second kappa shape index (κ2) is 7.77. The van der Waals surface area contributed by atoms with Gasteiger partial charge in [0.25, 0.3) is 0 Å². The van der Waals surface area contributed by atoms with Crippen LogP contribution in [-0.2, 0) is 15.7 Å². The Morgan fingerprint density at radius 3 is 2.32 bits per heavy atom. The molecule has 1 aromatic carbocycles. The van der Waals surface area contributed by atoms with Crippen molar-refractivity contribution in [2.45, 2.75) is 63.5 Å². The van der Waals surface area contributed by atoms with Crippen molar-refractivity contribution >= 4 is 11.8 Å². The number of ether oxygens (including phenoxy) is 1. The molecule has 0 amide bonds. The first kappa shape index (κ1) is 26.1. The number of benzene rings is 1. The summed E-state index contributed by atoms with van der Waals surface area (Å²) in [5.74, 6) is -3.73. The molecular weight excluding hydrogens is 489 g/mol. The molecule has 0 spiro atoms. The number of hydrogen-bond acceptors (Lipinski definition) is 6. The minimum Gasteiger partial charge on any atom is -0.455 e. The number of carbonyl (C=O) groups excluding carboxylic acids is 2. The van der Waals surface area contributed by atoms with Crippen LogP contribution < -0.4 is 0 Å². The quantitative estimate of drug-likeness (QED) is 0.413. The number of rotatable bonds is 3. The molecule has 3 N–H and O–H groups in total. The lowest BCUT2D eigenvalue weighted by molar-refractivity contribution is -0.177. The zero-order chi connectivity index (χ0) is 27.3. The molecule has 4 aliphatic rings. The van der Waals surface area contributed by atoms with Gasteiger partial charge in [0.2, 0.25) is 0 Å². The summed E-state index contributed by atoms with van der Waals surface area (Å²) in [6.07, 6.45) is -1.06. The lowest BCUT2D eigenvalue weighted by Gasteiger charge is -2.50. The van der Waals surface area contributed by atoms with Crippen molar-refractivity contribution < 1.29 is 42.8 Å². The molecule has 7 atom stereocenters. The average Bonchev–Trinajstić information content (AvgIpc) is 3.22. The van der Waals surface area contributed by atoms with Gasteiger partial charge in [0, 0.05) is 29.6 Å². The maximum absolute atomic E-state index is 13.1. The monoisotopic (exact) mass is 520 g/mol. The van der Waals surface area contributed by atoms with Crippen molar-refractivity contribution in [3.63, 3.8) is 0 Å². The molecule has 2 fully saturated rings. The van der Waals surface area contributed by atoms with Crippen molar-refractivity contribution in [2.75, 3.05) is 6.61 Å². The van der Waals surface area contributed by atoms with Crippen LogP contribution in [0.3, 0.4) is 0 Å². The number of ketones is 1. The topological polar surface area (TPSA) is 104 Å². The molecular formula is C28H31F3O6. The van der Waals surface area contributed by atoms with E-state index in [1.807, 2.05) is 13.8 Å². The van der Waals surface area contributed by atoms with E-state index in [2.05, 4.69) is 0 Å². The lowest BCUT2D eigenvalue weighted by Crippen LogP contribution is -2.61. The number of aliphatic hydroxyl groups excluding tert-OH is 1. The van der Waals surface area contributed by atoms with Crippen LogP contribution in [-0.4, -0.2) is 50.5 Å². The molecule has 5 rings (SSSR count). The first-order chi connectivity index (χ1) is 17.0. The van der Waals surface area contributed by atoms with Crippen molar-refractivity contribution in [2.24, 2.45) is 29.1 Å². The molecule has 2 saturated carbocycles. The summed E-state index contributed by atoms with van der Waals surface area (Å²) in [7, 11) is 0. The fourth-order valence-electron chi connectivity index (χ4n) is 7.62. The zero-order valence-corrected chi connectivity index (χ0v) is 21.1. The highest BCUT2D eigenvalue weighted by Crippen LogP contribution is 2.76. The van der Waals surface area contributed by atoms with E-state index in [1.54, 1.807) is 26.0 Å². The van der Waals surface area contributed by atoms with Crippen LogP contribution in [0.1, 0.15) is 56.5 Å². The van der Waals surface area contributed by atoms with E-state index in [0.29, 0.717) is 11.1 Å². The van der Waals surface area contributed by atoms with Gasteiger partial charge >= 0.3 is 12.1 Å². The minimum absolute atomic E-state index is 0.0147. The summed E-state index contributed by atoms with van der Waals surface area (Å²) >= 11 is 0. The number of halogens is 3. The first-order valence-electron chi connectivity index (χ1n) is 12.4. The Bertz CT molecular complexity index is 1230. The molecule has 0 bridgehead atoms. The van der Waals surface area contributed by atoms with Gasteiger partial charge in [-0.05, 0) is 54.7 Å². The summed E-state index contributed by atoms with van der Waals surface area (Å²) in [6.45, 7) is 6.78. The third-order valence-corrected chi connectivity index (χ3v) is 9.60. The molecule has 37 heavy (non-hydrogen) atoms. The average molecular weight is 521 g/mol. The van der Waals surface area contributed by atoms with E-state index in [4.69, 9.17) is 4.74 Å². The van der Waals surface area contributed by atoms with Crippen LogP contribution >= 0.6 is 0 Å². The Kier molecular flexibility index (Phi) is 5.49. The SMILES string of the molecule is CC1=C[C@H]2[C@@]3(O)[C@H](C)C[C@]4(OC(=O)c5ccc(C(F)(F)F)cc5)[C@H]([C@@H]3C=C(CO)C[C@]2(O)C1=O)C4(C)C. The highest BCUT2D eigenvalue weighted by molar-refractivity contribution is 6.04. The second-order valence-electron chi connectivity index (χ2n) is 11.8. The van der Waals surface area contributed by atoms with E-state index >= 15 is 0 Å². The Morgan fingerprint density at radius 2 is 1.76 bits per heavy atom. The molecule has 1 aromatic rings. The van der Waals surface area contributed by atoms with Crippen molar-refractivity contribution in [1.82, 2.24) is 0 Å². The van der Waals surface area contributed by atoms with Crippen LogP contribution in [0.4, 0.5) is 13.2 Å². The van der Waals surface area contributed by atoms with E-state index < -0.39 is 76.0 Å². The van der Waals surface area contributed by atoms with Crippen LogP contribution in [0, 0.1) is 29.1 Å². The van der Waals surface area contributed by atoms with Gasteiger partial charge in [0.05, 0.1) is 23.3 Å². The fraction of sp³-hybridized carbons (Fsp3) is 0.571. The Hall–Kier alpha value is -2.49. The first-order valence-corrected chi connectivity index (χ1v) is 12.4. The fourth-order valence-corrected chi connectivity index (χ4v) is 7.62. The van der Waals surface area contributed by atoms with Crippen LogP contribution in [0.5, 0.6) is 0 Å². The van der Waals surface area contributed by atoms with Gasteiger partial charge in [-0.25, -0.2) is 4.79 Å². The largest absolute Gasteiger partial charge is 0.455 e. The van der Waals surface area contributed by atoms with Gasteiger partial charge in [-0.15, -0.1) is 0 Å². The Labute approximate surface area is 212 Å². The molecule has 4 aliphatic carbocycles. The third kappa shape index (κ3) is 3.36. The smallest absolute Gasteiger partial charge is 0.416 e. The van der Waals surface area contributed by atoms with Crippen LogP contribution in [0.25, 0.3) is 0 Å². The highest BCUT2D eigenvalue weighted by Gasteiger charge is 2.83. The maximum atomic E-state index is 13.1. The summed E-state index contributed by atoms with van der Waals surface area (Å²) < 4.78 is 44.9. The maximum Gasteiger partial charge on any atom is 0.416 e. The molecule has 9 heteroatoms. The highest BCUT2D eigenvalue weighted by atomic mass is 19.4. The van der Waals surface area contributed by atoms with E-state index in [0.717, 1.165) is 24.3 Å². The van der Waals surface area contributed by atoms with Gasteiger partial charge < -0.3 is 20.1 Å². The number of alkyl halides is 3. The lowest BCUT2D eigenvalue weighted by atomic mass is 9.60. The van der Waals surface area contributed by atoms with E-state index in [9.17, 15) is 38.1 Å². The molecule has 0 aliphatic heterocycles. The third-order valence-electron chi connectivity index (χ3n) is 9.60. The number of Topliss-reactive ketones (excluding diaryl/α,β-unsaturated/α-hetero) is 1.